The lowest BCUT2D eigenvalue weighted by atomic mass is 9.75. The molecule has 3 fully saturated rings. The Labute approximate surface area is 145 Å². The SMILES string of the molecule is CC(C)C(=O)N1CC[C@@H]2N(C)CC[C@]2(C(=O)N2CCOCC2)CC1. The third kappa shape index (κ3) is 3.06. The average molecular weight is 337 g/mol. The predicted molar refractivity (Wildman–Crippen MR) is 91.5 cm³/mol. The number of morpholine rings is 1. The Morgan fingerprint density at radius 3 is 2.33 bits per heavy atom. The minimum atomic E-state index is -0.321. The number of amides is 2. The summed E-state index contributed by atoms with van der Waals surface area (Å²) in [6.45, 7) is 9.03. The maximum absolute atomic E-state index is 13.4. The van der Waals surface area contributed by atoms with E-state index in [2.05, 4.69) is 11.9 Å². The van der Waals surface area contributed by atoms with Crippen LogP contribution in [0.15, 0.2) is 0 Å². The molecule has 0 saturated carbocycles. The Kier molecular flexibility index (Phi) is 5.16. The molecule has 0 aliphatic carbocycles. The van der Waals surface area contributed by atoms with Crippen molar-refractivity contribution in [3.05, 3.63) is 0 Å². The van der Waals surface area contributed by atoms with Crippen molar-refractivity contribution in [3.63, 3.8) is 0 Å². The van der Waals surface area contributed by atoms with Crippen LogP contribution in [-0.4, -0.2) is 85.5 Å². The van der Waals surface area contributed by atoms with Crippen LogP contribution in [0, 0.1) is 11.3 Å². The highest BCUT2D eigenvalue weighted by Gasteiger charge is 2.54. The fourth-order valence-corrected chi connectivity index (χ4v) is 4.66. The molecule has 0 bridgehead atoms. The first-order valence-corrected chi connectivity index (χ1v) is 9.32. The van der Waals surface area contributed by atoms with Crippen molar-refractivity contribution >= 4 is 11.8 Å². The van der Waals surface area contributed by atoms with Gasteiger partial charge in [-0.1, -0.05) is 13.8 Å². The second kappa shape index (κ2) is 7.00. The fourth-order valence-electron chi connectivity index (χ4n) is 4.66. The molecule has 0 aromatic carbocycles. The van der Waals surface area contributed by atoms with Crippen LogP contribution in [0.4, 0.5) is 0 Å². The molecule has 6 heteroatoms. The Hall–Kier alpha value is -1.14. The molecule has 3 rings (SSSR count). The summed E-state index contributed by atoms with van der Waals surface area (Å²) in [4.78, 5) is 32.1. The van der Waals surface area contributed by atoms with Gasteiger partial charge in [0.05, 0.1) is 18.6 Å². The number of carbonyl (C=O) groups excluding carboxylic acids is 2. The second-order valence-electron chi connectivity index (χ2n) is 7.83. The lowest BCUT2D eigenvalue weighted by Gasteiger charge is -2.39. The van der Waals surface area contributed by atoms with Crippen LogP contribution in [0.1, 0.15) is 33.1 Å². The highest BCUT2D eigenvalue weighted by Crippen LogP contribution is 2.44. The Balaban J connectivity index is 1.80. The van der Waals surface area contributed by atoms with E-state index in [4.69, 9.17) is 4.74 Å². The number of ether oxygens (including phenoxy) is 1. The zero-order chi connectivity index (χ0) is 17.3. The number of nitrogens with zero attached hydrogens (tertiary/aromatic N) is 3. The Morgan fingerprint density at radius 1 is 1.00 bits per heavy atom. The topological polar surface area (TPSA) is 53.1 Å². The number of hydrogen-bond donors (Lipinski definition) is 0. The van der Waals surface area contributed by atoms with Gasteiger partial charge in [0.15, 0.2) is 0 Å². The predicted octanol–water partition coefficient (Wildman–Crippen LogP) is 0.814. The minimum absolute atomic E-state index is 0.0200. The van der Waals surface area contributed by atoms with Gasteiger partial charge in [-0.3, -0.25) is 9.59 Å². The van der Waals surface area contributed by atoms with E-state index in [1.54, 1.807) is 0 Å². The fraction of sp³-hybridized carbons (Fsp3) is 0.889. The second-order valence-corrected chi connectivity index (χ2v) is 7.83. The first kappa shape index (κ1) is 17.7. The van der Waals surface area contributed by atoms with E-state index >= 15 is 0 Å². The van der Waals surface area contributed by atoms with Gasteiger partial charge in [0.25, 0.3) is 0 Å². The largest absolute Gasteiger partial charge is 0.378 e. The molecular formula is C18H31N3O3. The molecule has 2 amide bonds. The van der Waals surface area contributed by atoms with Gasteiger partial charge in [0.1, 0.15) is 0 Å². The van der Waals surface area contributed by atoms with Crippen molar-refractivity contribution in [2.45, 2.75) is 39.2 Å². The summed E-state index contributed by atoms with van der Waals surface area (Å²) in [5.41, 5.74) is -0.321. The number of hydrogen-bond acceptors (Lipinski definition) is 4. The Bertz CT molecular complexity index is 490. The van der Waals surface area contributed by atoms with Crippen molar-refractivity contribution < 1.29 is 14.3 Å². The van der Waals surface area contributed by atoms with Crippen molar-refractivity contribution in [1.29, 1.82) is 0 Å². The molecule has 0 radical (unpaired) electrons. The summed E-state index contributed by atoms with van der Waals surface area (Å²) in [6.07, 6.45) is 2.59. The number of carbonyl (C=O) groups is 2. The van der Waals surface area contributed by atoms with Crippen LogP contribution in [0.2, 0.25) is 0 Å². The molecule has 0 N–H and O–H groups in total. The molecule has 3 aliphatic heterocycles. The van der Waals surface area contributed by atoms with Crippen LogP contribution < -0.4 is 0 Å². The van der Waals surface area contributed by atoms with E-state index in [-0.39, 0.29) is 23.3 Å². The smallest absolute Gasteiger partial charge is 0.230 e. The molecular weight excluding hydrogens is 306 g/mol. The first-order valence-electron chi connectivity index (χ1n) is 9.32. The van der Waals surface area contributed by atoms with Gasteiger partial charge < -0.3 is 19.4 Å². The highest BCUT2D eigenvalue weighted by molar-refractivity contribution is 5.84. The first-order chi connectivity index (χ1) is 11.5. The molecule has 3 saturated heterocycles. The summed E-state index contributed by atoms with van der Waals surface area (Å²) in [7, 11) is 2.12. The van der Waals surface area contributed by atoms with Gasteiger partial charge in [0, 0.05) is 38.1 Å². The van der Waals surface area contributed by atoms with Crippen molar-refractivity contribution in [2.24, 2.45) is 11.3 Å². The standard InChI is InChI=1S/C18H31N3O3/c1-14(2)16(22)20-7-4-15-18(6-9-20,5-8-19(15)3)17(23)21-10-12-24-13-11-21/h14-15H,4-13H2,1-3H3/t15-,18-/m0/s1. The van der Waals surface area contributed by atoms with E-state index in [0.717, 1.165) is 32.4 Å². The lowest BCUT2D eigenvalue weighted by molar-refractivity contribution is -0.148. The monoisotopic (exact) mass is 337 g/mol. The van der Waals surface area contributed by atoms with E-state index in [1.807, 2.05) is 23.6 Å². The lowest BCUT2D eigenvalue weighted by Crippen LogP contribution is -2.53. The zero-order valence-electron chi connectivity index (χ0n) is 15.3. The summed E-state index contributed by atoms with van der Waals surface area (Å²) >= 11 is 0. The number of fused-ring (bicyclic) bond motifs is 1. The van der Waals surface area contributed by atoms with Gasteiger partial charge in [-0.25, -0.2) is 0 Å². The van der Waals surface area contributed by atoms with Gasteiger partial charge >= 0.3 is 0 Å². The molecule has 6 nitrogen and oxygen atoms in total. The van der Waals surface area contributed by atoms with Crippen molar-refractivity contribution in [1.82, 2.24) is 14.7 Å². The highest BCUT2D eigenvalue weighted by atomic mass is 16.5. The maximum atomic E-state index is 13.4. The molecule has 0 aromatic heterocycles. The maximum Gasteiger partial charge on any atom is 0.230 e. The third-order valence-electron chi connectivity index (χ3n) is 6.11. The van der Waals surface area contributed by atoms with E-state index in [0.29, 0.717) is 38.8 Å². The number of rotatable bonds is 2. The molecule has 24 heavy (non-hydrogen) atoms. The quantitative estimate of drug-likeness (QED) is 0.748. The van der Waals surface area contributed by atoms with Crippen LogP contribution >= 0.6 is 0 Å². The average Bonchev–Trinajstić information content (AvgIpc) is 2.80. The number of likely N-dealkylation sites (tertiary alicyclic amines) is 2. The normalized spacial score (nSPS) is 31.9. The molecule has 3 heterocycles. The van der Waals surface area contributed by atoms with Gasteiger partial charge in [-0.15, -0.1) is 0 Å². The van der Waals surface area contributed by atoms with Crippen LogP contribution in [0.25, 0.3) is 0 Å². The zero-order valence-corrected chi connectivity index (χ0v) is 15.3. The van der Waals surface area contributed by atoms with Crippen LogP contribution in [-0.2, 0) is 14.3 Å². The van der Waals surface area contributed by atoms with Gasteiger partial charge in [-0.2, -0.15) is 0 Å². The van der Waals surface area contributed by atoms with Gasteiger partial charge in [0.2, 0.25) is 11.8 Å². The van der Waals surface area contributed by atoms with E-state index in [9.17, 15) is 9.59 Å². The molecule has 0 aromatic rings. The summed E-state index contributed by atoms with van der Waals surface area (Å²) in [5, 5.41) is 0. The van der Waals surface area contributed by atoms with Crippen molar-refractivity contribution in [2.75, 3.05) is 53.0 Å². The van der Waals surface area contributed by atoms with Crippen LogP contribution in [0.5, 0.6) is 0 Å². The van der Waals surface area contributed by atoms with Crippen molar-refractivity contribution in [3.8, 4) is 0 Å². The molecule has 136 valence electrons. The molecule has 0 unspecified atom stereocenters. The molecule has 2 atom stereocenters. The van der Waals surface area contributed by atoms with E-state index in [1.165, 1.54) is 0 Å². The Morgan fingerprint density at radius 2 is 1.67 bits per heavy atom. The third-order valence-corrected chi connectivity index (χ3v) is 6.11. The molecule has 3 aliphatic rings. The summed E-state index contributed by atoms with van der Waals surface area (Å²) < 4.78 is 5.41. The van der Waals surface area contributed by atoms with E-state index < -0.39 is 0 Å². The summed E-state index contributed by atoms with van der Waals surface area (Å²) in [6, 6.07) is 0.248. The van der Waals surface area contributed by atoms with Crippen LogP contribution in [0.3, 0.4) is 0 Å². The minimum Gasteiger partial charge on any atom is -0.378 e. The van der Waals surface area contributed by atoms with Gasteiger partial charge in [-0.05, 0) is 32.9 Å². The summed E-state index contributed by atoms with van der Waals surface area (Å²) in [5.74, 6) is 0.525. The molecule has 0 spiro atoms.